The van der Waals surface area contributed by atoms with Gasteiger partial charge in [0.05, 0.1) is 23.3 Å². The number of rotatable bonds is 6. The van der Waals surface area contributed by atoms with Gasteiger partial charge in [0, 0.05) is 22.3 Å². The van der Waals surface area contributed by atoms with E-state index in [4.69, 9.17) is 9.47 Å². The van der Waals surface area contributed by atoms with Crippen molar-refractivity contribution in [2.75, 3.05) is 7.11 Å². The first-order valence-corrected chi connectivity index (χ1v) is 9.48. The van der Waals surface area contributed by atoms with Crippen molar-refractivity contribution in [3.05, 3.63) is 86.4 Å². The van der Waals surface area contributed by atoms with E-state index in [0.29, 0.717) is 27.5 Å². The molecule has 3 aromatic rings. The van der Waals surface area contributed by atoms with Crippen LogP contribution in [0.25, 0.3) is 0 Å². The highest BCUT2D eigenvalue weighted by Crippen LogP contribution is 2.38. The highest BCUT2D eigenvalue weighted by Gasteiger charge is 2.33. The molecule has 0 radical (unpaired) electrons. The molecule has 0 spiro atoms. The Bertz CT molecular complexity index is 1130. The van der Waals surface area contributed by atoms with Gasteiger partial charge in [-0.1, -0.05) is 15.9 Å². The second-order valence-electron chi connectivity index (χ2n) is 6.18. The number of ether oxygens (including phenoxy) is 2. The summed E-state index contributed by atoms with van der Waals surface area (Å²) >= 11 is 3.33. The molecule has 10 heteroatoms. The van der Waals surface area contributed by atoms with Crippen molar-refractivity contribution in [3.8, 4) is 17.2 Å². The molecule has 0 aromatic heterocycles. The van der Waals surface area contributed by atoms with E-state index in [2.05, 4.69) is 20.9 Å². The number of benzene rings is 3. The lowest BCUT2D eigenvalue weighted by Crippen LogP contribution is -2.06. The zero-order valence-corrected chi connectivity index (χ0v) is 17.5. The average molecular weight is 495 g/mol. The van der Waals surface area contributed by atoms with E-state index in [1.807, 2.05) is 0 Å². The fraction of sp³-hybridized carbons (Fsp3) is 0.0952. The molecule has 6 nitrogen and oxygen atoms in total. The first kappa shape index (κ1) is 22.3. The first-order chi connectivity index (χ1) is 14.7. The smallest absolute Gasteiger partial charge is 0.416 e. The van der Waals surface area contributed by atoms with E-state index in [1.165, 1.54) is 12.3 Å². The van der Waals surface area contributed by atoms with Gasteiger partial charge in [0.25, 0.3) is 0 Å². The largest absolute Gasteiger partial charge is 0.497 e. The van der Waals surface area contributed by atoms with Crippen LogP contribution in [0, 0.1) is 10.1 Å². The summed E-state index contributed by atoms with van der Waals surface area (Å²) in [5, 5.41) is 11.3. The Balaban J connectivity index is 1.95. The monoisotopic (exact) mass is 494 g/mol. The zero-order valence-electron chi connectivity index (χ0n) is 15.9. The average Bonchev–Trinajstić information content (AvgIpc) is 2.73. The molecule has 0 aliphatic heterocycles. The highest BCUT2D eigenvalue weighted by molar-refractivity contribution is 9.10. The summed E-state index contributed by atoms with van der Waals surface area (Å²) in [5.41, 5.74) is -0.856. The molecular weight excluding hydrogens is 481 g/mol. The number of halogens is 4. The molecule has 0 heterocycles. The standard InChI is InChI=1S/C21H14BrF3N2O4/c1-30-17-6-4-16(5-7-17)26-12-13-10-15(22)3-9-19(13)31-20-8-2-14(21(23,24)25)11-18(20)27(28)29/h2-12H,1H3. The Morgan fingerprint density at radius 2 is 1.71 bits per heavy atom. The number of alkyl halides is 3. The Kier molecular flexibility index (Phi) is 6.59. The van der Waals surface area contributed by atoms with E-state index in [0.717, 1.165) is 12.1 Å². The van der Waals surface area contributed by atoms with Crippen LogP contribution in [0.2, 0.25) is 0 Å². The fourth-order valence-corrected chi connectivity index (χ4v) is 2.95. The molecule has 0 aliphatic carbocycles. The molecule has 31 heavy (non-hydrogen) atoms. The Labute approximate surface area is 183 Å². The Morgan fingerprint density at radius 3 is 2.32 bits per heavy atom. The summed E-state index contributed by atoms with van der Waals surface area (Å²) in [6.45, 7) is 0. The fourth-order valence-electron chi connectivity index (χ4n) is 2.57. The number of aliphatic imine (C=N–C) groups is 1. The molecule has 3 aromatic carbocycles. The van der Waals surface area contributed by atoms with Gasteiger partial charge < -0.3 is 9.47 Å². The Morgan fingerprint density at radius 1 is 1.03 bits per heavy atom. The molecule has 160 valence electrons. The van der Waals surface area contributed by atoms with Gasteiger partial charge in [0.15, 0.2) is 0 Å². The lowest BCUT2D eigenvalue weighted by molar-refractivity contribution is -0.385. The van der Waals surface area contributed by atoms with Crippen LogP contribution in [0.4, 0.5) is 24.5 Å². The van der Waals surface area contributed by atoms with Crippen molar-refractivity contribution in [1.82, 2.24) is 0 Å². The number of nitro groups is 1. The summed E-state index contributed by atoms with van der Waals surface area (Å²) in [5.74, 6) is 0.530. The molecular formula is C21H14BrF3N2O4. The van der Waals surface area contributed by atoms with Gasteiger partial charge in [-0.05, 0) is 54.6 Å². The van der Waals surface area contributed by atoms with Gasteiger partial charge in [-0.2, -0.15) is 13.2 Å². The molecule has 0 fully saturated rings. The molecule has 0 bridgehead atoms. The van der Waals surface area contributed by atoms with Crippen molar-refractivity contribution >= 4 is 33.5 Å². The van der Waals surface area contributed by atoms with Gasteiger partial charge in [-0.3, -0.25) is 15.1 Å². The first-order valence-electron chi connectivity index (χ1n) is 8.68. The zero-order chi connectivity index (χ0) is 22.6. The summed E-state index contributed by atoms with van der Waals surface area (Å²) < 4.78 is 50.1. The van der Waals surface area contributed by atoms with Crippen LogP contribution in [0.15, 0.2) is 70.1 Å². The molecule has 0 N–H and O–H groups in total. The van der Waals surface area contributed by atoms with Crippen molar-refractivity contribution < 1.29 is 27.6 Å². The summed E-state index contributed by atoms with van der Waals surface area (Å²) in [6.07, 6.45) is -3.23. The number of methoxy groups -OCH3 is 1. The predicted octanol–water partition coefficient (Wildman–Crippen LogP) is 6.93. The van der Waals surface area contributed by atoms with Gasteiger partial charge in [0.1, 0.15) is 11.5 Å². The van der Waals surface area contributed by atoms with E-state index < -0.39 is 22.4 Å². The van der Waals surface area contributed by atoms with Gasteiger partial charge in [-0.15, -0.1) is 0 Å². The van der Waals surface area contributed by atoms with Crippen molar-refractivity contribution in [3.63, 3.8) is 0 Å². The molecule has 0 saturated heterocycles. The quantitative estimate of drug-likeness (QED) is 0.211. The normalized spacial score (nSPS) is 11.5. The molecule has 3 rings (SSSR count). The lowest BCUT2D eigenvalue weighted by Gasteiger charge is -2.12. The third kappa shape index (κ3) is 5.60. The topological polar surface area (TPSA) is 74.0 Å². The molecule has 0 unspecified atom stereocenters. The molecule has 0 saturated carbocycles. The minimum atomic E-state index is -4.71. The van der Waals surface area contributed by atoms with Crippen LogP contribution in [0.3, 0.4) is 0 Å². The third-order valence-corrected chi connectivity index (χ3v) is 4.59. The lowest BCUT2D eigenvalue weighted by atomic mass is 10.1. The van der Waals surface area contributed by atoms with Crippen molar-refractivity contribution in [2.24, 2.45) is 4.99 Å². The molecule has 0 atom stereocenters. The highest BCUT2D eigenvalue weighted by atomic mass is 79.9. The second kappa shape index (κ2) is 9.17. The summed E-state index contributed by atoms with van der Waals surface area (Å²) in [6, 6.07) is 13.9. The van der Waals surface area contributed by atoms with Crippen LogP contribution < -0.4 is 9.47 Å². The van der Waals surface area contributed by atoms with Crippen LogP contribution >= 0.6 is 15.9 Å². The number of nitro benzene ring substituents is 1. The maximum Gasteiger partial charge on any atom is 0.416 e. The van der Waals surface area contributed by atoms with Crippen LogP contribution in [-0.2, 0) is 6.18 Å². The van der Waals surface area contributed by atoms with E-state index in [9.17, 15) is 23.3 Å². The maximum atomic E-state index is 12.9. The van der Waals surface area contributed by atoms with E-state index in [-0.39, 0.29) is 11.5 Å². The maximum absolute atomic E-state index is 12.9. The van der Waals surface area contributed by atoms with Crippen LogP contribution in [0.1, 0.15) is 11.1 Å². The molecule has 0 amide bonds. The second-order valence-corrected chi connectivity index (χ2v) is 7.09. The van der Waals surface area contributed by atoms with Crippen LogP contribution in [-0.4, -0.2) is 18.2 Å². The SMILES string of the molecule is COc1ccc(N=Cc2cc(Br)ccc2Oc2ccc(C(F)(F)F)cc2[N+](=O)[O-])cc1. The number of nitrogens with zero attached hydrogens (tertiary/aromatic N) is 2. The van der Waals surface area contributed by atoms with Gasteiger partial charge in [-0.25, -0.2) is 0 Å². The predicted molar refractivity (Wildman–Crippen MR) is 113 cm³/mol. The van der Waals surface area contributed by atoms with Gasteiger partial charge in [0.2, 0.25) is 5.75 Å². The summed E-state index contributed by atoms with van der Waals surface area (Å²) in [7, 11) is 1.55. The van der Waals surface area contributed by atoms with Crippen LogP contribution in [0.5, 0.6) is 17.2 Å². The minimum absolute atomic E-state index is 0.184. The third-order valence-electron chi connectivity index (χ3n) is 4.10. The van der Waals surface area contributed by atoms with E-state index >= 15 is 0 Å². The van der Waals surface area contributed by atoms with Crippen molar-refractivity contribution in [1.29, 1.82) is 0 Å². The Hall–Kier alpha value is -3.40. The number of hydrogen-bond acceptors (Lipinski definition) is 5. The van der Waals surface area contributed by atoms with E-state index in [1.54, 1.807) is 43.5 Å². The number of hydrogen-bond donors (Lipinski definition) is 0. The minimum Gasteiger partial charge on any atom is -0.497 e. The summed E-state index contributed by atoms with van der Waals surface area (Å²) in [4.78, 5) is 14.7. The van der Waals surface area contributed by atoms with Gasteiger partial charge >= 0.3 is 11.9 Å². The van der Waals surface area contributed by atoms with Crippen molar-refractivity contribution in [2.45, 2.75) is 6.18 Å². The molecule has 0 aliphatic rings.